The Morgan fingerprint density at radius 3 is 2.75 bits per heavy atom. The van der Waals surface area contributed by atoms with Crippen LogP contribution in [0, 0.1) is 24.6 Å². The fourth-order valence-electron chi connectivity index (χ4n) is 2.39. The van der Waals surface area contributed by atoms with Gasteiger partial charge in [0, 0.05) is 0 Å². The molecule has 0 N–H and O–H groups in total. The maximum absolute atomic E-state index is 14.2. The van der Waals surface area contributed by atoms with Gasteiger partial charge in [0.05, 0.1) is 6.61 Å². The number of benzene rings is 1. The lowest BCUT2D eigenvalue weighted by Gasteiger charge is -2.11. The molecule has 0 heterocycles. The number of hydrogen-bond donors (Lipinski definition) is 0. The summed E-state index contributed by atoms with van der Waals surface area (Å²) in [7, 11) is 0. The van der Waals surface area contributed by atoms with Gasteiger partial charge in [-0.3, -0.25) is 0 Å². The van der Waals surface area contributed by atoms with Crippen LogP contribution in [0.15, 0.2) is 24.3 Å². The third-order valence-corrected chi connectivity index (χ3v) is 4.25. The summed E-state index contributed by atoms with van der Waals surface area (Å²) >= 11 is 0. The molecule has 2 aliphatic rings. The summed E-state index contributed by atoms with van der Waals surface area (Å²) < 4.78 is 19.8. The molecule has 0 bridgehead atoms. The molecule has 3 rings (SSSR count). The van der Waals surface area contributed by atoms with Crippen LogP contribution in [-0.4, -0.2) is 6.61 Å². The third kappa shape index (κ3) is 3.62. The highest BCUT2D eigenvalue weighted by atomic mass is 19.1. The molecule has 1 nitrogen and oxygen atoms in total. The minimum Gasteiger partial charge on any atom is -0.490 e. The average molecular weight is 274 g/mol. The number of ether oxygens (including phenoxy) is 1. The Labute approximate surface area is 120 Å². The van der Waals surface area contributed by atoms with Crippen LogP contribution < -0.4 is 4.74 Å². The van der Waals surface area contributed by atoms with E-state index in [-0.39, 0.29) is 5.82 Å². The van der Waals surface area contributed by atoms with Crippen LogP contribution in [0.3, 0.4) is 0 Å². The van der Waals surface area contributed by atoms with E-state index in [1.807, 2.05) is 13.0 Å². The predicted molar refractivity (Wildman–Crippen MR) is 79.5 cm³/mol. The van der Waals surface area contributed by atoms with Crippen LogP contribution in [0.2, 0.25) is 0 Å². The standard InChI is InChI=1S/C18H23FO/c1-13-16(5-3-2-4-14-6-7-14)10-11-17(18(13)19)20-12-15-8-9-15/h2,4,10-11,14-15H,3,5-9,12H2,1H3/b4-2+. The minimum absolute atomic E-state index is 0.172. The van der Waals surface area contributed by atoms with Crippen LogP contribution in [0.5, 0.6) is 5.75 Å². The highest BCUT2D eigenvalue weighted by molar-refractivity contribution is 5.37. The van der Waals surface area contributed by atoms with Gasteiger partial charge in [0.1, 0.15) is 0 Å². The molecule has 2 saturated carbocycles. The molecule has 20 heavy (non-hydrogen) atoms. The van der Waals surface area contributed by atoms with Crippen LogP contribution >= 0.6 is 0 Å². The number of hydrogen-bond acceptors (Lipinski definition) is 1. The fraction of sp³-hybridized carbons (Fsp3) is 0.556. The smallest absolute Gasteiger partial charge is 0.168 e. The van der Waals surface area contributed by atoms with Gasteiger partial charge >= 0.3 is 0 Å². The lowest BCUT2D eigenvalue weighted by molar-refractivity contribution is 0.284. The molecule has 0 unspecified atom stereocenters. The Morgan fingerprint density at radius 2 is 2.05 bits per heavy atom. The Bertz CT molecular complexity index is 498. The van der Waals surface area contributed by atoms with Gasteiger partial charge in [-0.05, 0) is 74.5 Å². The first-order chi connectivity index (χ1) is 9.74. The lowest BCUT2D eigenvalue weighted by Crippen LogP contribution is -2.03. The van der Waals surface area contributed by atoms with Gasteiger partial charge in [0.2, 0.25) is 0 Å². The van der Waals surface area contributed by atoms with Crippen LogP contribution in [0.25, 0.3) is 0 Å². The van der Waals surface area contributed by atoms with Crippen molar-refractivity contribution in [3.8, 4) is 5.75 Å². The van der Waals surface area contributed by atoms with Crippen LogP contribution in [0.4, 0.5) is 4.39 Å². The van der Waals surface area contributed by atoms with Gasteiger partial charge in [-0.15, -0.1) is 0 Å². The summed E-state index contributed by atoms with van der Waals surface area (Å²) in [6.07, 6.45) is 11.6. The Kier molecular flexibility index (Phi) is 4.09. The highest BCUT2D eigenvalue weighted by Gasteiger charge is 2.23. The van der Waals surface area contributed by atoms with Gasteiger partial charge in [0.25, 0.3) is 0 Å². The maximum Gasteiger partial charge on any atom is 0.168 e. The summed E-state index contributed by atoms with van der Waals surface area (Å²) in [5.41, 5.74) is 1.85. The van der Waals surface area contributed by atoms with Crippen molar-refractivity contribution >= 4 is 0 Å². The molecular weight excluding hydrogens is 251 g/mol. The van der Waals surface area contributed by atoms with E-state index in [1.165, 1.54) is 25.7 Å². The van der Waals surface area contributed by atoms with E-state index in [4.69, 9.17) is 4.74 Å². The quantitative estimate of drug-likeness (QED) is 0.648. The molecule has 1 aromatic rings. The number of halogens is 1. The number of rotatable bonds is 7. The second-order valence-corrected chi connectivity index (χ2v) is 6.22. The van der Waals surface area contributed by atoms with E-state index in [9.17, 15) is 4.39 Å². The van der Waals surface area contributed by atoms with Crippen molar-refractivity contribution in [3.63, 3.8) is 0 Å². The normalized spacial score (nSPS) is 18.7. The van der Waals surface area contributed by atoms with E-state index >= 15 is 0 Å². The fourth-order valence-corrected chi connectivity index (χ4v) is 2.39. The molecule has 0 radical (unpaired) electrons. The molecule has 0 aromatic heterocycles. The zero-order valence-electron chi connectivity index (χ0n) is 12.2. The third-order valence-electron chi connectivity index (χ3n) is 4.25. The zero-order valence-corrected chi connectivity index (χ0v) is 12.2. The molecule has 2 heteroatoms. The molecular formula is C18H23FO. The molecule has 2 aliphatic carbocycles. The van der Waals surface area contributed by atoms with E-state index in [2.05, 4.69) is 12.2 Å². The molecule has 0 aliphatic heterocycles. The molecule has 2 fully saturated rings. The molecule has 0 saturated heterocycles. The van der Waals surface area contributed by atoms with Gasteiger partial charge < -0.3 is 4.74 Å². The first-order valence-corrected chi connectivity index (χ1v) is 7.81. The second kappa shape index (κ2) is 5.99. The highest BCUT2D eigenvalue weighted by Crippen LogP contribution is 2.32. The summed E-state index contributed by atoms with van der Waals surface area (Å²) in [4.78, 5) is 0. The molecule has 0 atom stereocenters. The molecule has 0 amide bonds. The van der Waals surface area contributed by atoms with Gasteiger partial charge in [0.15, 0.2) is 11.6 Å². The van der Waals surface area contributed by atoms with E-state index in [0.29, 0.717) is 18.3 Å². The van der Waals surface area contributed by atoms with Gasteiger partial charge in [-0.1, -0.05) is 18.2 Å². The summed E-state index contributed by atoms with van der Waals surface area (Å²) in [5, 5.41) is 0. The first-order valence-electron chi connectivity index (χ1n) is 7.81. The van der Waals surface area contributed by atoms with Crippen LogP contribution in [0.1, 0.15) is 43.2 Å². The SMILES string of the molecule is Cc1c(CC/C=C/C2CC2)ccc(OCC2CC2)c1F. The number of aryl methyl sites for hydroxylation is 1. The van der Waals surface area contributed by atoms with Gasteiger partial charge in [-0.25, -0.2) is 4.39 Å². The minimum atomic E-state index is -0.172. The van der Waals surface area contributed by atoms with Crippen LogP contribution in [-0.2, 0) is 6.42 Å². The first kappa shape index (κ1) is 13.7. The lowest BCUT2D eigenvalue weighted by atomic mass is 10.0. The van der Waals surface area contributed by atoms with Crippen molar-refractivity contribution in [3.05, 3.63) is 41.2 Å². The van der Waals surface area contributed by atoms with Gasteiger partial charge in [-0.2, -0.15) is 0 Å². The van der Waals surface area contributed by atoms with Crippen molar-refractivity contribution in [1.82, 2.24) is 0 Å². The molecule has 1 aromatic carbocycles. The van der Waals surface area contributed by atoms with Crippen molar-refractivity contribution in [2.45, 2.75) is 45.4 Å². The Morgan fingerprint density at radius 1 is 1.25 bits per heavy atom. The monoisotopic (exact) mass is 274 g/mol. The summed E-state index contributed by atoms with van der Waals surface area (Å²) in [6, 6.07) is 3.82. The number of allylic oxidation sites excluding steroid dienone is 2. The molecule has 108 valence electrons. The zero-order chi connectivity index (χ0) is 13.9. The Hall–Kier alpha value is -1.31. The molecule has 0 spiro atoms. The van der Waals surface area contributed by atoms with Crippen molar-refractivity contribution in [2.75, 3.05) is 6.61 Å². The average Bonchev–Trinajstić information content (AvgIpc) is 3.32. The van der Waals surface area contributed by atoms with Crippen molar-refractivity contribution < 1.29 is 9.13 Å². The topological polar surface area (TPSA) is 9.23 Å². The largest absolute Gasteiger partial charge is 0.490 e. The maximum atomic E-state index is 14.2. The summed E-state index contributed by atoms with van der Waals surface area (Å²) in [6.45, 7) is 2.53. The van der Waals surface area contributed by atoms with Crippen molar-refractivity contribution in [1.29, 1.82) is 0 Å². The van der Waals surface area contributed by atoms with E-state index in [1.54, 1.807) is 6.07 Å². The van der Waals surface area contributed by atoms with E-state index in [0.717, 1.165) is 29.9 Å². The van der Waals surface area contributed by atoms with E-state index < -0.39 is 0 Å². The Balaban J connectivity index is 1.57. The predicted octanol–water partition coefficient (Wildman–Crippen LogP) is 4.82. The summed E-state index contributed by atoms with van der Waals surface area (Å²) in [5.74, 6) is 1.73. The second-order valence-electron chi connectivity index (χ2n) is 6.22. The van der Waals surface area contributed by atoms with Crippen molar-refractivity contribution in [2.24, 2.45) is 11.8 Å².